The van der Waals surface area contributed by atoms with E-state index < -0.39 is 6.03 Å². The van der Waals surface area contributed by atoms with E-state index in [1.807, 2.05) is 6.92 Å². The second-order valence-corrected chi connectivity index (χ2v) is 5.64. The molecule has 0 heterocycles. The van der Waals surface area contributed by atoms with Crippen LogP contribution in [0.3, 0.4) is 0 Å². The first-order valence-corrected chi connectivity index (χ1v) is 8.15. The molecule has 25 heavy (non-hydrogen) atoms. The van der Waals surface area contributed by atoms with Crippen LogP contribution in [0.2, 0.25) is 10.0 Å². The number of methoxy groups -OCH3 is 1. The maximum atomic E-state index is 11.8. The summed E-state index contributed by atoms with van der Waals surface area (Å²) in [5.74, 6) is 0.957. The molecule has 0 saturated heterocycles. The first kappa shape index (κ1) is 18.9. The first-order chi connectivity index (χ1) is 12.0. The van der Waals surface area contributed by atoms with E-state index in [4.69, 9.17) is 32.7 Å². The maximum absolute atomic E-state index is 11.8. The number of hydrogen-bond donors (Lipinski definition) is 2. The van der Waals surface area contributed by atoms with Crippen molar-refractivity contribution in [1.82, 2.24) is 5.43 Å². The van der Waals surface area contributed by atoms with E-state index in [1.54, 1.807) is 36.4 Å². The van der Waals surface area contributed by atoms with Crippen molar-refractivity contribution in [2.45, 2.75) is 6.92 Å². The average Bonchev–Trinajstić information content (AvgIpc) is 2.59. The van der Waals surface area contributed by atoms with Crippen molar-refractivity contribution in [2.75, 3.05) is 19.0 Å². The number of urea groups is 1. The molecule has 132 valence electrons. The Labute approximate surface area is 155 Å². The van der Waals surface area contributed by atoms with Crippen molar-refractivity contribution >= 4 is 41.1 Å². The Morgan fingerprint density at radius 1 is 1.24 bits per heavy atom. The number of anilines is 1. The average molecular weight is 382 g/mol. The van der Waals surface area contributed by atoms with Crippen LogP contribution in [0.25, 0.3) is 0 Å². The minimum Gasteiger partial charge on any atom is -0.493 e. The van der Waals surface area contributed by atoms with Gasteiger partial charge in [0.1, 0.15) is 0 Å². The zero-order valence-corrected chi connectivity index (χ0v) is 15.2. The van der Waals surface area contributed by atoms with E-state index in [0.717, 1.165) is 0 Å². The van der Waals surface area contributed by atoms with E-state index in [2.05, 4.69) is 15.8 Å². The predicted octanol–water partition coefficient (Wildman–Crippen LogP) is 4.56. The SMILES string of the molecule is CCOc1c(Cl)cc(/C=N\NC(=O)Nc2ccc(Cl)cc2)cc1OC. The summed E-state index contributed by atoms with van der Waals surface area (Å²) in [5, 5.41) is 7.49. The Bertz CT molecular complexity index is 764. The lowest BCUT2D eigenvalue weighted by molar-refractivity contribution is 0.252. The fraction of sp³-hybridized carbons (Fsp3) is 0.176. The van der Waals surface area contributed by atoms with Crippen LogP contribution in [0.4, 0.5) is 10.5 Å². The Kier molecular flexibility index (Phi) is 6.91. The molecule has 6 nitrogen and oxygen atoms in total. The molecular formula is C17H17Cl2N3O3. The number of nitrogens with one attached hydrogen (secondary N) is 2. The number of carbonyl (C=O) groups excluding carboxylic acids is 1. The van der Waals surface area contributed by atoms with Crippen molar-refractivity contribution in [3.8, 4) is 11.5 Å². The van der Waals surface area contributed by atoms with Gasteiger partial charge in [0.2, 0.25) is 0 Å². The van der Waals surface area contributed by atoms with E-state index in [9.17, 15) is 4.79 Å². The smallest absolute Gasteiger partial charge is 0.339 e. The molecule has 2 aromatic rings. The van der Waals surface area contributed by atoms with Crippen LogP contribution in [0.15, 0.2) is 41.5 Å². The summed E-state index contributed by atoms with van der Waals surface area (Å²) in [7, 11) is 1.52. The Balaban J connectivity index is 2.00. The molecule has 0 saturated carbocycles. The van der Waals surface area contributed by atoms with Gasteiger partial charge < -0.3 is 14.8 Å². The highest BCUT2D eigenvalue weighted by molar-refractivity contribution is 6.32. The molecule has 0 unspecified atom stereocenters. The van der Waals surface area contributed by atoms with Gasteiger partial charge in [0.05, 0.1) is 25.0 Å². The molecule has 0 aromatic heterocycles. The molecule has 2 N–H and O–H groups in total. The Morgan fingerprint density at radius 3 is 2.60 bits per heavy atom. The summed E-state index contributed by atoms with van der Waals surface area (Å²) in [5.41, 5.74) is 3.61. The molecule has 0 aliphatic heterocycles. The number of amides is 2. The largest absolute Gasteiger partial charge is 0.493 e. The monoisotopic (exact) mass is 381 g/mol. The number of halogens is 2. The molecule has 0 fully saturated rings. The van der Waals surface area contributed by atoms with Crippen molar-refractivity contribution < 1.29 is 14.3 Å². The number of rotatable bonds is 6. The van der Waals surface area contributed by atoms with Crippen molar-refractivity contribution in [2.24, 2.45) is 5.10 Å². The highest BCUT2D eigenvalue weighted by atomic mass is 35.5. The van der Waals surface area contributed by atoms with Gasteiger partial charge in [-0.1, -0.05) is 23.2 Å². The van der Waals surface area contributed by atoms with Crippen LogP contribution in [0, 0.1) is 0 Å². The second-order valence-electron chi connectivity index (χ2n) is 4.80. The molecule has 0 bridgehead atoms. The molecule has 2 aromatic carbocycles. The van der Waals surface area contributed by atoms with Gasteiger partial charge in [0.15, 0.2) is 11.5 Å². The lowest BCUT2D eigenvalue weighted by Gasteiger charge is -2.11. The fourth-order valence-corrected chi connectivity index (χ4v) is 2.36. The van der Waals surface area contributed by atoms with E-state index >= 15 is 0 Å². The number of hydrazone groups is 1. The van der Waals surface area contributed by atoms with Crippen molar-refractivity contribution in [3.63, 3.8) is 0 Å². The standard InChI is InChI=1S/C17H17Cl2N3O3/c1-3-25-16-14(19)8-11(9-15(16)24-2)10-20-22-17(23)21-13-6-4-12(18)5-7-13/h4-10H,3H2,1-2H3,(H2,21,22,23)/b20-10-. The van der Waals surface area contributed by atoms with Gasteiger partial charge in [-0.25, -0.2) is 10.2 Å². The van der Waals surface area contributed by atoms with Gasteiger partial charge in [0, 0.05) is 10.7 Å². The highest BCUT2D eigenvalue weighted by Gasteiger charge is 2.10. The normalized spacial score (nSPS) is 10.6. The van der Waals surface area contributed by atoms with Crippen LogP contribution >= 0.6 is 23.2 Å². The van der Waals surface area contributed by atoms with E-state index in [1.165, 1.54) is 13.3 Å². The molecule has 0 atom stereocenters. The quantitative estimate of drug-likeness (QED) is 0.569. The third kappa shape index (κ3) is 5.55. The Hall–Kier alpha value is -2.44. The van der Waals surface area contributed by atoms with Gasteiger partial charge in [0.25, 0.3) is 0 Å². The molecule has 0 aliphatic carbocycles. The van der Waals surface area contributed by atoms with E-state index in [0.29, 0.717) is 39.4 Å². The molecule has 0 radical (unpaired) electrons. The molecule has 2 amide bonds. The Morgan fingerprint density at radius 2 is 1.96 bits per heavy atom. The number of hydrogen-bond acceptors (Lipinski definition) is 4. The fourth-order valence-electron chi connectivity index (χ4n) is 1.96. The summed E-state index contributed by atoms with van der Waals surface area (Å²) >= 11 is 12.0. The number of benzene rings is 2. The summed E-state index contributed by atoms with van der Waals surface area (Å²) in [4.78, 5) is 11.8. The van der Waals surface area contributed by atoms with Gasteiger partial charge in [-0.2, -0.15) is 5.10 Å². The van der Waals surface area contributed by atoms with Gasteiger partial charge in [-0.15, -0.1) is 0 Å². The molecule has 8 heteroatoms. The number of carbonyl (C=O) groups is 1. The zero-order chi connectivity index (χ0) is 18.2. The van der Waals surface area contributed by atoms with Crippen LogP contribution in [0.5, 0.6) is 11.5 Å². The lowest BCUT2D eigenvalue weighted by Crippen LogP contribution is -2.24. The third-order valence-electron chi connectivity index (χ3n) is 3.02. The van der Waals surface area contributed by atoms with Crippen molar-refractivity contribution in [3.05, 3.63) is 52.0 Å². The minimum absolute atomic E-state index is 0.397. The zero-order valence-electron chi connectivity index (χ0n) is 13.7. The molecule has 0 aliphatic rings. The predicted molar refractivity (Wildman–Crippen MR) is 100 cm³/mol. The van der Waals surface area contributed by atoms with E-state index in [-0.39, 0.29) is 0 Å². The molecule has 0 spiro atoms. The van der Waals surface area contributed by atoms with Crippen LogP contribution < -0.4 is 20.2 Å². The molecular weight excluding hydrogens is 365 g/mol. The molecule has 2 rings (SSSR count). The maximum Gasteiger partial charge on any atom is 0.339 e. The summed E-state index contributed by atoms with van der Waals surface area (Å²) < 4.78 is 10.7. The minimum atomic E-state index is -0.484. The van der Waals surface area contributed by atoms with Gasteiger partial charge in [-0.3, -0.25) is 0 Å². The second kappa shape index (κ2) is 9.15. The van der Waals surface area contributed by atoms with Crippen LogP contribution in [-0.2, 0) is 0 Å². The summed E-state index contributed by atoms with van der Waals surface area (Å²) in [6, 6.07) is 9.60. The van der Waals surface area contributed by atoms with Crippen LogP contribution in [-0.4, -0.2) is 26.0 Å². The number of ether oxygens (including phenoxy) is 2. The van der Waals surface area contributed by atoms with Gasteiger partial charge in [-0.05, 0) is 48.9 Å². The summed E-state index contributed by atoms with van der Waals surface area (Å²) in [6.07, 6.45) is 1.45. The van der Waals surface area contributed by atoms with Gasteiger partial charge >= 0.3 is 6.03 Å². The highest BCUT2D eigenvalue weighted by Crippen LogP contribution is 2.35. The topological polar surface area (TPSA) is 72.0 Å². The third-order valence-corrected chi connectivity index (χ3v) is 3.55. The van der Waals surface area contributed by atoms with Crippen LogP contribution in [0.1, 0.15) is 12.5 Å². The summed E-state index contributed by atoms with van der Waals surface area (Å²) in [6.45, 7) is 2.32. The van der Waals surface area contributed by atoms with Crippen molar-refractivity contribution in [1.29, 1.82) is 0 Å². The lowest BCUT2D eigenvalue weighted by atomic mass is 10.2. The number of nitrogens with zero attached hydrogens (tertiary/aromatic N) is 1. The first-order valence-electron chi connectivity index (χ1n) is 7.39.